The molecule has 0 saturated carbocycles. The zero-order chi connectivity index (χ0) is 19.4. The van der Waals surface area contributed by atoms with Crippen LogP contribution in [0.2, 0.25) is 0 Å². The normalized spacial score (nSPS) is 11.4. The number of pyridine rings is 1. The van der Waals surface area contributed by atoms with Gasteiger partial charge >= 0.3 is 0 Å². The first-order valence-electron chi connectivity index (χ1n) is 8.69. The molecule has 0 amide bonds. The van der Waals surface area contributed by atoms with Gasteiger partial charge in [-0.1, -0.05) is 31.5 Å². The molecule has 0 bridgehead atoms. The lowest BCUT2D eigenvalue weighted by Crippen LogP contribution is -2.13. The van der Waals surface area contributed by atoms with Gasteiger partial charge in [-0.2, -0.15) is 0 Å². The van der Waals surface area contributed by atoms with Gasteiger partial charge in [-0.25, -0.2) is 13.6 Å². The highest BCUT2D eigenvalue weighted by Gasteiger charge is 2.19. The van der Waals surface area contributed by atoms with E-state index in [0.29, 0.717) is 11.3 Å². The van der Waals surface area contributed by atoms with Crippen LogP contribution in [0.25, 0.3) is 22.4 Å². The fraction of sp³-hybridized carbons (Fsp3) is 0.190. The maximum absolute atomic E-state index is 12.1. The lowest BCUT2D eigenvalue weighted by Gasteiger charge is -2.14. The third kappa shape index (κ3) is 4.18. The summed E-state index contributed by atoms with van der Waals surface area (Å²) in [7, 11) is -2.25. The summed E-state index contributed by atoms with van der Waals surface area (Å²) in [6.07, 6.45) is 3.67. The van der Waals surface area contributed by atoms with Gasteiger partial charge in [0.2, 0.25) is 10.0 Å². The summed E-state index contributed by atoms with van der Waals surface area (Å²) in [6, 6.07) is 16.3. The molecule has 27 heavy (non-hydrogen) atoms. The van der Waals surface area contributed by atoms with Gasteiger partial charge in [0, 0.05) is 22.9 Å². The molecule has 0 aliphatic carbocycles. The third-order valence-corrected chi connectivity index (χ3v) is 5.30. The first-order valence-corrected chi connectivity index (χ1v) is 10.2. The molecule has 0 spiro atoms. The molecule has 0 aliphatic rings. The number of methoxy groups -OCH3 is 1. The van der Waals surface area contributed by atoms with Crippen molar-refractivity contribution in [3.8, 4) is 28.1 Å². The van der Waals surface area contributed by atoms with Gasteiger partial charge in [0.25, 0.3) is 0 Å². The predicted octanol–water partition coefficient (Wildman–Crippen LogP) is 4.02. The monoisotopic (exact) mass is 382 g/mol. The summed E-state index contributed by atoms with van der Waals surface area (Å²) in [5.41, 5.74) is 3.92. The van der Waals surface area contributed by atoms with E-state index in [1.807, 2.05) is 36.5 Å². The Morgan fingerprint density at radius 3 is 2.37 bits per heavy atom. The predicted molar refractivity (Wildman–Crippen MR) is 107 cm³/mol. The van der Waals surface area contributed by atoms with E-state index >= 15 is 0 Å². The van der Waals surface area contributed by atoms with E-state index in [-0.39, 0.29) is 4.90 Å². The molecular weight excluding hydrogens is 360 g/mol. The number of rotatable bonds is 6. The summed E-state index contributed by atoms with van der Waals surface area (Å²) >= 11 is 0. The van der Waals surface area contributed by atoms with Crippen molar-refractivity contribution in [3.63, 3.8) is 0 Å². The minimum atomic E-state index is -3.86. The van der Waals surface area contributed by atoms with Crippen LogP contribution < -0.4 is 9.88 Å². The largest absolute Gasteiger partial charge is 0.497 e. The molecule has 0 unspecified atom stereocenters. The molecule has 5 nitrogen and oxygen atoms in total. The maximum Gasteiger partial charge on any atom is 0.238 e. The standard InChI is InChI=1S/C21H22N2O3S/c1-3-6-15-13-19(18-7-4-5-8-20(18)27(22,24)25)21(23-14-15)16-9-11-17(26-2)12-10-16/h4-5,7-14H,3,6H2,1-2H3,(H2,22,24,25). The zero-order valence-corrected chi connectivity index (χ0v) is 16.2. The van der Waals surface area contributed by atoms with E-state index in [2.05, 4.69) is 11.9 Å². The maximum atomic E-state index is 12.1. The lowest BCUT2D eigenvalue weighted by atomic mass is 9.97. The number of benzene rings is 2. The van der Waals surface area contributed by atoms with Crippen LogP contribution in [-0.4, -0.2) is 20.5 Å². The summed E-state index contributed by atoms with van der Waals surface area (Å²) < 4.78 is 29.4. The first-order chi connectivity index (χ1) is 12.9. The quantitative estimate of drug-likeness (QED) is 0.698. The van der Waals surface area contributed by atoms with E-state index in [9.17, 15) is 8.42 Å². The molecule has 1 aromatic heterocycles. The molecule has 2 N–H and O–H groups in total. The summed E-state index contributed by atoms with van der Waals surface area (Å²) in [6.45, 7) is 2.09. The Morgan fingerprint density at radius 2 is 1.74 bits per heavy atom. The van der Waals surface area contributed by atoms with Crippen LogP contribution in [0, 0.1) is 0 Å². The first kappa shape index (κ1) is 19.1. The molecule has 3 rings (SSSR count). The minimum Gasteiger partial charge on any atom is -0.497 e. The van der Waals surface area contributed by atoms with E-state index < -0.39 is 10.0 Å². The van der Waals surface area contributed by atoms with Crippen LogP contribution >= 0.6 is 0 Å². The van der Waals surface area contributed by atoms with Crippen LogP contribution in [0.15, 0.2) is 65.7 Å². The topological polar surface area (TPSA) is 82.3 Å². The van der Waals surface area contributed by atoms with Gasteiger partial charge in [-0.15, -0.1) is 0 Å². The van der Waals surface area contributed by atoms with Crippen LogP contribution in [0.1, 0.15) is 18.9 Å². The second-order valence-electron chi connectivity index (χ2n) is 6.26. The minimum absolute atomic E-state index is 0.0928. The fourth-order valence-corrected chi connectivity index (χ4v) is 3.81. The van der Waals surface area contributed by atoms with Crippen molar-refractivity contribution in [3.05, 3.63) is 66.4 Å². The third-order valence-electron chi connectivity index (χ3n) is 4.33. The Morgan fingerprint density at radius 1 is 1.04 bits per heavy atom. The van der Waals surface area contributed by atoms with Crippen LogP contribution in [0.5, 0.6) is 5.75 Å². The van der Waals surface area contributed by atoms with Crippen molar-refractivity contribution in [2.75, 3.05) is 7.11 Å². The average molecular weight is 382 g/mol. The molecule has 3 aromatic rings. The fourth-order valence-electron chi connectivity index (χ4n) is 3.05. The highest BCUT2D eigenvalue weighted by Crippen LogP contribution is 2.35. The summed E-state index contributed by atoms with van der Waals surface area (Å²) in [5, 5.41) is 5.45. The van der Waals surface area contributed by atoms with Crippen molar-refractivity contribution in [1.82, 2.24) is 4.98 Å². The second kappa shape index (κ2) is 7.90. The molecule has 1 heterocycles. The Balaban J connectivity index is 2.25. The van der Waals surface area contributed by atoms with Gasteiger partial charge in [0.05, 0.1) is 17.7 Å². The van der Waals surface area contributed by atoms with Crippen molar-refractivity contribution in [2.45, 2.75) is 24.7 Å². The van der Waals surface area contributed by atoms with Gasteiger partial charge in [0.15, 0.2) is 0 Å². The molecule has 0 fully saturated rings. The number of aryl methyl sites for hydroxylation is 1. The van der Waals surface area contributed by atoms with Crippen LogP contribution in [0.4, 0.5) is 0 Å². The molecule has 2 aromatic carbocycles. The van der Waals surface area contributed by atoms with Gasteiger partial charge in [0.1, 0.15) is 5.75 Å². The highest BCUT2D eigenvalue weighted by atomic mass is 32.2. The highest BCUT2D eigenvalue weighted by molar-refractivity contribution is 7.89. The Bertz CT molecular complexity index is 1050. The number of aromatic nitrogens is 1. The van der Waals surface area contributed by atoms with Crippen LogP contribution in [0.3, 0.4) is 0 Å². The Hall–Kier alpha value is -2.70. The average Bonchev–Trinajstić information content (AvgIpc) is 2.68. The number of hydrogen-bond acceptors (Lipinski definition) is 4. The number of sulfonamides is 1. The van der Waals surface area contributed by atoms with Crippen molar-refractivity contribution < 1.29 is 13.2 Å². The Labute approximate surface area is 159 Å². The van der Waals surface area contributed by atoms with Crippen LogP contribution in [-0.2, 0) is 16.4 Å². The molecule has 0 saturated heterocycles. The zero-order valence-electron chi connectivity index (χ0n) is 15.3. The molecule has 0 atom stereocenters. The number of ether oxygens (including phenoxy) is 1. The van der Waals surface area contributed by atoms with Gasteiger partial charge < -0.3 is 4.74 Å². The smallest absolute Gasteiger partial charge is 0.238 e. The molecule has 0 aliphatic heterocycles. The Kier molecular flexibility index (Phi) is 5.58. The molecule has 140 valence electrons. The number of hydrogen-bond donors (Lipinski definition) is 1. The van der Waals surface area contributed by atoms with E-state index in [0.717, 1.165) is 35.3 Å². The van der Waals surface area contributed by atoms with E-state index in [1.165, 1.54) is 6.07 Å². The number of nitrogens with zero attached hydrogens (tertiary/aromatic N) is 1. The van der Waals surface area contributed by atoms with Crippen molar-refractivity contribution >= 4 is 10.0 Å². The lowest BCUT2D eigenvalue weighted by molar-refractivity contribution is 0.415. The number of primary sulfonamides is 1. The van der Waals surface area contributed by atoms with Gasteiger partial charge in [-0.05, 0) is 48.4 Å². The molecule has 0 radical (unpaired) electrons. The van der Waals surface area contributed by atoms with Crippen molar-refractivity contribution in [2.24, 2.45) is 5.14 Å². The summed E-state index contributed by atoms with van der Waals surface area (Å²) in [4.78, 5) is 4.74. The van der Waals surface area contributed by atoms with Crippen molar-refractivity contribution in [1.29, 1.82) is 0 Å². The molecule has 6 heteroatoms. The summed E-state index contributed by atoms with van der Waals surface area (Å²) in [5.74, 6) is 0.743. The SMILES string of the molecule is CCCc1cnc(-c2ccc(OC)cc2)c(-c2ccccc2S(N)(=O)=O)c1. The number of nitrogens with two attached hydrogens (primary N) is 1. The van der Waals surface area contributed by atoms with E-state index in [1.54, 1.807) is 25.3 Å². The second-order valence-corrected chi connectivity index (χ2v) is 7.79. The molecular formula is C21H22N2O3S. The van der Waals surface area contributed by atoms with Gasteiger partial charge in [-0.3, -0.25) is 4.98 Å². The van der Waals surface area contributed by atoms with E-state index in [4.69, 9.17) is 9.88 Å².